The zero-order valence-corrected chi connectivity index (χ0v) is 11.9. The fourth-order valence-corrected chi connectivity index (χ4v) is 3.36. The van der Waals surface area contributed by atoms with Gasteiger partial charge >= 0.3 is 0 Å². The quantitative estimate of drug-likeness (QED) is 0.902. The van der Waals surface area contributed by atoms with Crippen molar-refractivity contribution in [2.45, 2.75) is 12.0 Å². The molecular weight excluding hydrogens is 317 g/mol. The third-order valence-corrected chi connectivity index (χ3v) is 4.52. The average Bonchev–Trinajstić information content (AvgIpc) is 2.79. The third-order valence-electron chi connectivity index (χ3n) is 2.83. The highest BCUT2D eigenvalue weighted by Crippen LogP contribution is 2.36. The zero-order chi connectivity index (χ0) is 13.1. The van der Waals surface area contributed by atoms with Gasteiger partial charge in [-0.05, 0) is 39.7 Å². The lowest BCUT2D eigenvalue weighted by Crippen LogP contribution is -2.20. The SMILES string of the molecule is NCC(c1ccccc1F)C(O)c1ccc(Br)s1. The fourth-order valence-electron chi connectivity index (χ4n) is 1.89. The van der Waals surface area contributed by atoms with E-state index >= 15 is 0 Å². The van der Waals surface area contributed by atoms with Gasteiger partial charge in [-0.3, -0.25) is 0 Å². The predicted molar refractivity (Wildman–Crippen MR) is 75.2 cm³/mol. The molecule has 3 N–H and O–H groups in total. The van der Waals surface area contributed by atoms with Crippen LogP contribution >= 0.6 is 27.3 Å². The lowest BCUT2D eigenvalue weighted by atomic mass is 9.92. The van der Waals surface area contributed by atoms with E-state index in [0.717, 1.165) is 8.66 Å². The molecule has 1 aromatic carbocycles. The number of benzene rings is 1. The van der Waals surface area contributed by atoms with Crippen molar-refractivity contribution in [2.75, 3.05) is 6.54 Å². The summed E-state index contributed by atoms with van der Waals surface area (Å²) in [6.07, 6.45) is -0.789. The van der Waals surface area contributed by atoms with Gasteiger partial charge in [0, 0.05) is 17.3 Å². The van der Waals surface area contributed by atoms with Gasteiger partial charge in [0.15, 0.2) is 0 Å². The Morgan fingerprint density at radius 2 is 2.00 bits per heavy atom. The molecule has 0 fully saturated rings. The van der Waals surface area contributed by atoms with E-state index in [2.05, 4.69) is 15.9 Å². The van der Waals surface area contributed by atoms with E-state index in [1.165, 1.54) is 17.4 Å². The van der Waals surface area contributed by atoms with Crippen molar-refractivity contribution in [1.29, 1.82) is 0 Å². The van der Waals surface area contributed by atoms with E-state index in [9.17, 15) is 9.50 Å². The number of nitrogens with two attached hydrogens (primary N) is 1. The smallest absolute Gasteiger partial charge is 0.126 e. The van der Waals surface area contributed by atoms with E-state index in [4.69, 9.17) is 5.73 Å². The number of thiophene rings is 1. The lowest BCUT2D eigenvalue weighted by Gasteiger charge is -2.21. The van der Waals surface area contributed by atoms with Crippen molar-refractivity contribution in [3.63, 3.8) is 0 Å². The topological polar surface area (TPSA) is 46.2 Å². The van der Waals surface area contributed by atoms with Crippen LogP contribution in [0.5, 0.6) is 0 Å². The molecule has 96 valence electrons. The molecule has 0 radical (unpaired) electrons. The first-order valence-electron chi connectivity index (χ1n) is 5.51. The average molecular weight is 330 g/mol. The molecule has 0 aliphatic carbocycles. The molecule has 0 aliphatic rings. The van der Waals surface area contributed by atoms with Crippen LogP contribution in [0.1, 0.15) is 22.5 Å². The van der Waals surface area contributed by atoms with Crippen molar-refractivity contribution >= 4 is 27.3 Å². The Labute approximate surface area is 117 Å². The standard InChI is InChI=1S/C13H13BrFNOS/c14-12-6-5-11(18-12)13(17)9(7-16)8-3-1-2-4-10(8)15/h1-6,9,13,17H,7,16H2. The highest BCUT2D eigenvalue weighted by molar-refractivity contribution is 9.11. The van der Waals surface area contributed by atoms with Crippen LogP contribution in [0, 0.1) is 5.82 Å². The summed E-state index contributed by atoms with van der Waals surface area (Å²) in [5.74, 6) is -0.764. The first-order chi connectivity index (χ1) is 8.63. The van der Waals surface area contributed by atoms with Crippen LogP contribution < -0.4 is 5.73 Å². The molecule has 5 heteroatoms. The molecule has 1 heterocycles. The van der Waals surface area contributed by atoms with Crippen molar-refractivity contribution in [3.05, 3.63) is 56.4 Å². The minimum absolute atomic E-state index is 0.192. The molecule has 0 saturated heterocycles. The number of hydrogen-bond acceptors (Lipinski definition) is 3. The lowest BCUT2D eigenvalue weighted by molar-refractivity contribution is 0.149. The minimum atomic E-state index is -0.789. The summed E-state index contributed by atoms with van der Waals surface area (Å²) in [4.78, 5) is 0.778. The third kappa shape index (κ3) is 2.80. The number of rotatable bonds is 4. The van der Waals surface area contributed by atoms with Gasteiger partial charge < -0.3 is 10.8 Å². The van der Waals surface area contributed by atoms with Crippen molar-refractivity contribution in [3.8, 4) is 0 Å². The van der Waals surface area contributed by atoms with E-state index in [1.54, 1.807) is 18.2 Å². The second-order valence-electron chi connectivity index (χ2n) is 3.95. The Morgan fingerprint density at radius 1 is 1.28 bits per heavy atom. The largest absolute Gasteiger partial charge is 0.387 e. The summed E-state index contributed by atoms with van der Waals surface area (Å²) < 4.78 is 14.7. The van der Waals surface area contributed by atoms with Gasteiger partial charge in [0.1, 0.15) is 5.82 Å². The van der Waals surface area contributed by atoms with Gasteiger partial charge in [-0.25, -0.2) is 4.39 Å². The Balaban J connectivity index is 2.32. The molecule has 0 saturated carbocycles. The number of hydrogen-bond donors (Lipinski definition) is 2. The van der Waals surface area contributed by atoms with Gasteiger partial charge in [-0.1, -0.05) is 18.2 Å². The van der Waals surface area contributed by atoms with Crippen LogP contribution in [0.25, 0.3) is 0 Å². The second-order valence-corrected chi connectivity index (χ2v) is 6.45. The molecule has 2 rings (SSSR count). The first kappa shape index (κ1) is 13.7. The van der Waals surface area contributed by atoms with E-state index in [0.29, 0.717) is 5.56 Å². The van der Waals surface area contributed by atoms with Crippen LogP contribution in [0.2, 0.25) is 0 Å². The molecule has 0 bridgehead atoms. The molecule has 0 spiro atoms. The van der Waals surface area contributed by atoms with Gasteiger partial charge in [-0.15, -0.1) is 11.3 Å². The Bertz CT molecular complexity index is 531. The van der Waals surface area contributed by atoms with Crippen LogP contribution in [0.4, 0.5) is 4.39 Å². The monoisotopic (exact) mass is 329 g/mol. The molecule has 1 aromatic heterocycles. The summed E-state index contributed by atoms with van der Waals surface area (Å²) in [5, 5.41) is 10.3. The van der Waals surface area contributed by atoms with Gasteiger partial charge in [-0.2, -0.15) is 0 Å². The maximum absolute atomic E-state index is 13.7. The van der Waals surface area contributed by atoms with Crippen molar-refractivity contribution in [2.24, 2.45) is 5.73 Å². The van der Waals surface area contributed by atoms with E-state index < -0.39 is 12.0 Å². The highest BCUT2D eigenvalue weighted by Gasteiger charge is 2.25. The maximum Gasteiger partial charge on any atom is 0.126 e. The normalized spacial score (nSPS) is 14.4. The summed E-state index contributed by atoms with van der Waals surface area (Å²) >= 11 is 4.77. The molecular formula is C13H13BrFNOS. The van der Waals surface area contributed by atoms with Crippen molar-refractivity contribution < 1.29 is 9.50 Å². The zero-order valence-electron chi connectivity index (χ0n) is 9.51. The van der Waals surface area contributed by atoms with Gasteiger partial charge in [0.2, 0.25) is 0 Å². The second kappa shape index (κ2) is 5.93. The Kier molecular flexibility index (Phi) is 4.50. The van der Waals surface area contributed by atoms with E-state index in [1.807, 2.05) is 12.1 Å². The summed E-state index contributed by atoms with van der Waals surface area (Å²) in [6, 6.07) is 10.1. The van der Waals surface area contributed by atoms with Gasteiger partial charge in [0.05, 0.1) is 9.89 Å². The number of aliphatic hydroxyl groups is 1. The number of aliphatic hydroxyl groups excluding tert-OH is 1. The summed E-state index contributed by atoms with van der Waals surface area (Å²) in [6.45, 7) is 0.192. The summed E-state index contributed by atoms with van der Waals surface area (Å²) in [5.41, 5.74) is 6.14. The predicted octanol–water partition coefficient (Wildman–Crippen LogP) is 3.43. The molecule has 18 heavy (non-hydrogen) atoms. The van der Waals surface area contributed by atoms with Gasteiger partial charge in [0.25, 0.3) is 0 Å². The maximum atomic E-state index is 13.7. The van der Waals surface area contributed by atoms with Crippen molar-refractivity contribution in [1.82, 2.24) is 0 Å². The minimum Gasteiger partial charge on any atom is -0.387 e. The first-order valence-corrected chi connectivity index (χ1v) is 7.12. The van der Waals surface area contributed by atoms with Crippen LogP contribution in [-0.4, -0.2) is 11.7 Å². The Hall–Kier alpha value is -0.750. The molecule has 0 amide bonds. The van der Waals surface area contributed by atoms with Crippen LogP contribution in [0.15, 0.2) is 40.2 Å². The fraction of sp³-hybridized carbons (Fsp3) is 0.231. The molecule has 0 aliphatic heterocycles. The Morgan fingerprint density at radius 3 is 2.56 bits per heavy atom. The molecule has 2 aromatic rings. The molecule has 2 unspecified atom stereocenters. The van der Waals surface area contributed by atoms with Crippen LogP contribution in [-0.2, 0) is 0 Å². The number of halogens is 2. The van der Waals surface area contributed by atoms with Crippen LogP contribution in [0.3, 0.4) is 0 Å². The summed E-state index contributed by atoms with van der Waals surface area (Å²) in [7, 11) is 0. The molecule has 2 nitrogen and oxygen atoms in total. The molecule has 2 atom stereocenters. The van der Waals surface area contributed by atoms with E-state index in [-0.39, 0.29) is 12.4 Å². The highest BCUT2D eigenvalue weighted by atomic mass is 79.9.